The lowest BCUT2D eigenvalue weighted by atomic mass is 9.88. The van der Waals surface area contributed by atoms with E-state index in [0.29, 0.717) is 11.6 Å². The Morgan fingerprint density at radius 1 is 1.05 bits per heavy atom. The van der Waals surface area contributed by atoms with Crippen molar-refractivity contribution < 1.29 is 19.4 Å². The molecule has 2 aromatic carbocycles. The van der Waals surface area contributed by atoms with Crippen molar-refractivity contribution in [3.8, 4) is 11.1 Å². The highest BCUT2D eigenvalue weighted by Crippen LogP contribution is 2.34. The Kier molecular flexibility index (Phi) is 8.62. The highest BCUT2D eigenvalue weighted by atomic mass is 16.5. The summed E-state index contributed by atoms with van der Waals surface area (Å²) in [5.41, 5.74) is 7.28. The second-order valence-corrected chi connectivity index (χ2v) is 10.1. The third-order valence-corrected chi connectivity index (χ3v) is 7.56. The van der Waals surface area contributed by atoms with Crippen LogP contribution in [0.25, 0.3) is 11.1 Å². The fraction of sp³-hybridized carbons (Fsp3) is 0.419. The van der Waals surface area contributed by atoms with Gasteiger partial charge in [-0.25, -0.2) is 0 Å². The summed E-state index contributed by atoms with van der Waals surface area (Å²) in [5, 5.41) is 12.5. The molecule has 37 heavy (non-hydrogen) atoms. The van der Waals surface area contributed by atoms with Crippen LogP contribution in [0.3, 0.4) is 0 Å². The molecule has 0 saturated carbocycles. The van der Waals surface area contributed by atoms with Crippen LogP contribution in [0.15, 0.2) is 59.7 Å². The van der Waals surface area contributed by atoms with Gasteiger partial charge < -0.3 is 20.1 Å². The molecule has 196 valence electrons. The Labute approximate surface area is 220 Å². The summed E-state index contributed by atoms with van der Waals surface area (Å²) in [4.78, 5) is 28.6. The van der Waals surface area contributed by atoms with Crippen molar-refractivity contribution in [2.45, 2.75) is 53.2 Å². The lowest BCUT2D eigenvalue weighted by molar-refractivity contribution is -0.117. The molecule has 0 bridgehead atoms. The summed E-state index contributed by atoms with van der Waals surface area (Å²) in [5.74, 6) is -0.483. The molecule has 1 aliphatic carbocycles. The largest absolute Gasteiger partial charge is 0.392 e. The van der Waals surface area contributed by atoms with Gasteiger partial charge in [0.05, 0.1) is 12.5 Å². The average molecular weight is 503 g/mol. The van der Waals surface area contributed by atoms with E-state index in [1.807, 2.05) is 57.2 Å². The predicted octanol–water partition coefficient (Wildman–Crippen LogP) is 4.98. The van der Waals surface area contributed by atoms with Crippen molar-refractivity contribution in [3.63, 3.8) is 0 Å². The van der Waals surface area contributed by atoms with Crippen LogP contribution in [-0.2, 0) is 16.1 Å². The predicted molar refractivity (Wildman–Crippen MR) is 148 cm³/mol. The summed E-state index contributed by atoms with van der Waals surface area (Å²) in [6.45, 7) is 10.6. The van der Waals surface area contributed by atoms with Gasteiger partial charge in [-0.2, -0.15) is 0 Å². The second-order valence-electron chi connectivity index (χ2n) is 10.1. The Morgan fingerprint density at radius 2 is 1.76 bits per heavy atom. The zero-order valence-corrected chi connectivity index (χ0v) is 22.3. The van der Waals surface area contributed by atoms with Crippen LogP contribution in [0.4, 0.5) is 5.69 Å². The van der Waals surface area contributed by atoms with Gasteiger partial charge in [0.1, 0.15) is 0 Å². The van der Waals surface area contributed by atoms with Crippen LogP contribution in [0.5, 0.6) is 0 Å². The minimum absolute atomic E-state index is 0.0110. The van der Waals surface area contributed by atoms with E-state index in [9.17, 15) is 14.7 Å². The first-order valence-corrected chi connectivity index (χ1v) is 13.2. The number of carbonyl (C=O) groups is 2. The van der Waals surface area contributed by atoms with Gasteiger partial charge >= 0.3 is 0 Å². The number of carbonyl (C=O) groups excluding carboxylic acids is 2. The van der Waals surface area contributed by atoms with Gasteiger partial charge in [0.25, 0.3) is 5.91 Å². The number of anilines is 1. The number of ketones is 1. The first-order chi connectivity index (χ1) is 17.8. The lowest BCUT2D eigenvalue weighted by Crippen LogP contribution is -2.40. The summed E-state index contributed by atoms with van der Waals surface area (Å²) >= 11 is 0. The Balaban J connectivity index is 1.69. The van der Waals surface area contributed by atoms with Crippen LogP contribution in [0.1, 0.15) is 55.1 Å². The van der Waals surface area contributed by atoms with Crippen LogP contribution in [-0.4, -0.2) is 49.1 Å². The molecule has 0 spiro atoms. The standard InChI is InChI=1S/C31H38N2O4/c1-5-33(26-10-12-37-13-11-26)29-17-25(24-8-6-23(19-34)7-9-24)16-27(22(29)4)31(36)32-18-28-21(3)14-20(2)15-30(28)35/h6-9,14-17,26,28,34H,5,10-13,18-19H2,1-4H3,(H,32,36). The summed E-state index contributed by atoms with van der Waals surface area (Å²) in [7, 11) is 0. The number of hydrogen-bond donors (Lipinski definition) is 2. The molecule has 0 aromatic heterocycles. The van der Waals surface area contributed by atoms with E-state index in [-0.39, 0.29) is 30.8 Å². The Hall–Kier alpha value is -3.22. The third-order valence-electron chi connectivity index (χ3n) is 7.56. The third kappa shape index (κ3) is 6.03. The quantitative estimate of drug-likeness (QED) is 0.532. The van der Waals surface area contributed by atoms with Crippen molar-refractivity contribution >= 4 is 17.4 Å². The molecule has 1 fully saturated rings. The number of benzene rings is 2. The summed E-state index contributed by atoms with van der Waals surface area (Å²) < 4.78 is 5.60. The smallest absolute Gasteiger partial charge is 0.251 e. The Bertz CT molecular complexity index is 1210. The molecule has 1 saturated heterocycles. The van der Waals surface area contributed by atoms with Crippen LogP contribution < -0.4 is 10.2 Å². The number of hydrogen-bond acceptors (Lipinski definition) is 5. The number of nitrogens with zero attached hydrogens (tertiary/aromatic N) is 1. The zero-order valence-electron chi connectivity index (χ0n) is 22.3. The Morgan fingerprint density at radius 3 is 2.38 bits per heavy atom. The second kappa shape index (κ2) is 11.9. The highest BCUT2D eigenvalue weighted by Gasteiger charge is 2.26. The maximum Gasteiger partial charge on any atom is 0.251 e. The number of rotatable bonds is 8. The van der Waals surface area contributed by atoms with E-state index in [1.165, 1.54) is 0 Å². The maximum absolute atomic E-state index is 13.6. The van der Waals surface area contributed by atoms with Crippen molar-refractivity contribution in [2.24, 2.45) is 5.92 Å². The van der Waals surface area contributed by atoms with Gasteiger partial charge in [-0.15, -0.1) is 0 Å². The molecule has 1 atom stereocenters. The topological polar surface area (TPSA) is 78.9 Å². The molecule has 2 aromatic rings. The fourth-order valence-corrected chi connectivity index (χ4v) is 5.43. The van der Waals surface area contributed by atoms with E-state index < -0.39 is 0 Å². The van der Waals surface area contributed by atoms with Crippen molar-refractivity contribution in [2.75, 3.05) is 31.2 Å². The van der Waals surface area contributed by atoms with Gasteiger partial charge in [-0.05, 0) is 86.6 Å². The van der Waals surface area contributed by atoms with E-state index in [4.69, 9.17) is 4.74 Å². The van der Waals surface area contributed by atoms with Crippen LogP contribution in [0, 0.1) is 12.8 Å². The molecule has 1 aliphatic heterocycles. The van der Waals surface area contributed by atoms with Crippen LogP contribution in [0.2, 0.25) is 0 Å². The molecule has 6 heteroatoms. The van der Waals surface area contributed by atoms with Gasteiger partial charge in [0.15, 0.2) is 5.78 Å². The molecular formula is C31H38N2O4. The molecule has 1 heterocycles. The number of aliphatic hydroxyl groups is 1. The molecule has 1 amide bonds. The number of allylic oxidation sites excluding steroid dienone is 3. The van der Waals surface area contributed by atoms with E-state index in [2.05, 4.69) is 23.2 Å². The first kappa shape index (κ1) is 26.8. The van der Waals surface area contributed by atoms with Gasteiger partial charge in [0, 0.05) is 43.6 Å². The minimum atomic E-state index is -0.337. The highest BCUT2D eigenvalue weighted by molar-refractivity contribution is 6.00. The number of nitrogens with one attached hydrogen (secondary N) is 1. The monoisotopic (exact) mass is 502 g/mol. The van der Waals surface area contributed by atoms with E-state index >= 15 is 0 Å². The number of aliphatic hydroxyl groups excluding tert-OH is 1. The van der Waals surface area contributed by atoms with Crippen molar-refractivity contribution in [1.29, 1.82) is 0 Å². The molecule has 1 unspecified atom stereocenters. The minimum Gasteiger partial charge on any atom is -0.392 e. The van der Waals surface area contributed by atoms with E-state index in [1.54, 1.807) is 6.08 Å². The van der Waals surface area contributed by atoms with Crippen LogP contribution >= 0.6 is 0 Å². The molecule has 2 N–H and O–H groups in total. The summed E-state index contributed by atoms with van der Waals surface area (Å²) in [6, 6.07) is 12.2. The lowest BCUT2D eigenvalue weighted by Gasteiger charge is -2.37. The number of ether oxygens (including phenoxy) is 1. The average Bonchev–Trinajstić information content (AvgIpc) is 2.90. The summed E-state index contributed by atoms with van der Waals surface area (Å²) in [6.07, 6.45) is 5.56. The molecule has 2 aliphatic rings. The van der Waals surface area contributed by atoms with Gasteiger partial charge in [0.2, 0.25) is 0 Å². The van der Waals surface area contributed by atoms with E-state index in [0.717, 1.165) is 71.7 Å². The normalized spacial score (nSPS) is 18.3. The molecule has 0 radical (unpaired) electrons. The van der Waals surface area contributed by atoms with Crippen molar-refractivity contribution in [1.82, 2.24) is 5.32 Å². The number of amides is 1. The molecule has 4 rings (SSSR count). The van der Waals surface area contributed by atoms with Gasteiger partial charge in [-0.3, -0.25) is 9.59 Å². The molecular weight excluding hydrogens is 464 g/mol. The SMILES string of the molecule is CCN(c1cc(-c2ccc(CO)cc2)cc(C(=O)NCC2C(=O)C=C(C)C=C2C)c1C)C1CCOCC1. The zero-order chi connectivity index (χ0) is 26.5. The maximum atomic E-state index is 13.6. The molecule has 6 nitrogen and oxygen atoms in total. The first-order valence-electron chi connectivity index (χ1n) is 13.2. The van der Waals surface area contributed by atoms with Crippen molar-refractivity contribution in [3.05, 3.63) is 76.4 Å². The fourth-order valence-electron chi connectivity index (χ4n) is 5.43. The van der Waals surface area contributed by atoms with Gasteiger partial charge in [-0.1, -0.05) is 35.9 Å².